The molecule has 1 saturated heterocycles. The summed E-state index contributed by atoms with van der Waals surface area (Å²) in [5.41, 5.74) is -0.605. The molecular formula is C27H37N2O3P. The number of nitrogens with zero attached hydrogens (tertiary/aromatic N) is 1. The number of amides is 2. The van der Waals surface area contributed by atoms with Crippen LogP contribution in [0.15, 0.2) is 60.7 Å². The van der Waals surface area contributed by atoms with E-state index in [4.69, 9.17) is 4.74 Å². The summed E-state index contributed by atoms with van der Waals surface area (Å²) in [6, 6.07) is 20.8. The zero-order valence-corrected chi connectivity index (χ0v) is 21.3. The average Bonchev–Trinajstić information content (AvgIpc) is 3.23. The van der Waals surface area contributed by atoms with Gasteiger partial charge in [-0.3, -0.25) is 4.79 Å². The van der Waals surface area contributed by atoms with E-state index in [-0.39, 0.29) is 17.9 Å². The summed E-state index contributed by atoms with van der Waals surface area (Å²) >= 11 is 0. The van der Waals surface area contributed by atoms with Crippen LogP contribution >= 0.6 is 7.92 Å². The summed E-state index contributed by atoms with van der Waals surface area (Å²) in [6.45, 7) is 10.1. The van der Waals surface area contributed by atoms with Crippen molar-refractivity contribution in [1.82, 2.24) is 10.2 Å². The van der Waals surface area contributed by atoms with Crippen molar-refractivity contribution in [3.05, 3.63) is 60.7 Å². The molecule has 0 aromatic heterocycles. The molecule has 2 aromatic carbocycles. The molecule has 0 saturated carbocycles. The fourth-order valence-electron chi connectivity index (χ4n) is 4.23. The summed E-state index contributed by atoms with van der Waals surface area (Å²) in [6.07, 6.45) is 2.36. The van der Waals surface area contributed by atoms with Gasteiger partial charge >= 0.3 is 6.09 Å². The highest BCUT2D eigenvalue weighted by atomic mass is 31.1. The number of alkyl carbamates (subject to hydrolysis) is 1. The minimum atomic E-state index is -0.605. The summed E-state index contributed by atoms with van der Waals surface area (Å²) in [5, 5.41) is 5.49. The molecule has 5 nitrogen and oxygen atoms in total. The van der Waals surface area contributed by atoms with Gasteiger partial charge in [-0.1, -0.05) is 74.5 Å². The van der Waals surface area contributed by atoms with Gasteiger partial charge in [-0.15, -0.1) is 0 Å². The number of hydrogen-bond acceptors (Lipinski definition) is 3. The molecule has 3 rings (SSSR count). The van der Waals surface area contributed by atoms with Crippen molar-refractivity contribution in [2.24, 2.45) is 5.92 Å². The fourth-order valence-corrected chi connectivity index (χ4v) is 6.81. The van der Waals surface area contributed by atoms with Crippen LogP contribution in [0.2, 0.25) is 0 Å². The van der Waals surface area contributed by atoms with Crippen LogP contribution in [0.1, 0.15) is 47.5 Å². The van der Waals surface area contributed by atoms with E-state index in [0.717, 1.165) is 25.5 Å². The lowest BCUT2D eigenvalue weighted by Gasteiger charge is -2.33. The van der Waals surface area contributed by atoms with Crippen LogP contribution in [0, 0.1) is 5.92 Å². The number of likely N-dealkylation sites (tertiary alicyclic amines) is 1. The van der Waals surface area contributed by atoms with Gasteiger partial charge in [0.05, 0.1) is 0 Å². The molecule has 1 N–H and O–H groups in total. The molecule has 1 fully saturated rings. The predicted octanol–water partition coefficient (Wildman–Crippen LogP) is 4.66. The average molecular weight is 469 g/mol. The van der Waals surface area contributed by atoms with Gasteiger partial charge in [-0.2, -0.15) is 0 Å². The van der Waals surface area contributed by atoms with Crippen molar-refractivity contribution in [2.75, 3.05) is 12.7 Å². The second kappa shape index (κ2) is 11.2. The van der Waals surface area contributed by atoms with Crippen LogP contribution in [0.5, 0.6) is 0 Å². The Morgan fingerprint density at radius 1 is 1.03 bits per heavy atom. The molecule has 0 spiro atoms. The van der Waals surface area contributed by atoms with Crippen LogP contribution < -0.4 is 15.9 Å². The van der Waals surface area contributed by atoms with Crippen molar-refractivity contribution in [3.63, 3.8) is 0 Å². The number of rotatable bonds is 7. The Kier molecular flexibility index (Phi) is 8.53. The normalized spacial score (nSPS) is 17.3. The number of carbonyl (C=O) groups is 2. The van der Waals surface area contributed by atoms with E-state index in [2.05, 4.69) is 53.8 Å². The first-order chi connectivity index (χ1) is 15.7. The third-order valence-electron chi connectivity index (χ3n) is 5.79. The van der Waals surface area contributed by atoms with Crippen LogP contribution in [0.4, 0.5) is 4.79 Å². The first kappa shape index (κ1) is 25.2. The molecular weight excluding hydrogens is 431 g/mol. The van der Waals surface area contributed by atoms with E-state index in [9.17, 15) is 9.59 Å². The molecule has 33 heavy (non-hydrogen) atoms. The Hall–Kier alpha value is -2.39. The molecule has 2 aromatic rings. The molecule has 6 heteroatoms. The summed E-state index contributed by atoms with van der Waals surface area (Å²) in [4.78, 5) is 28.0. The number of hydrogen-bond donors (Lipinski definition) is 1. The summed E-state index contributed by atoms with van der Waals surface area (Å²) < 4.78 is 5.42. The van der Waals surface area contributed by atoms with Crippen molar-refractivity contribution in [2.45, 2.75) is 65.1 Å². The van der Waals surface area contributed by atoms with E-state index in [1.54, 1.807) is 0 Å². The molecule has 0 aliphatic carbocycles. The standard InChI is InChI=1S/C27H37N2O3P/c1-20(2)24(28-26(31)32-27(3,4)5)25(30)29-18-12-13-21(29)19-33(22-14-8-6-9-15-22)23-16-10-7-11-17-23/h6-11,14-17,20-21,24H,12-13,18-19H2,1-5H3,(H,28,31)/t21-,24+/m0/s1. The maximum atomic E-state index is 13.6. The maximum Gasteiger partial charge on any atom is 0.408 e. The highest BCUT2D eigenvalue weighted by Crippen LogP contribution is 2.38. The van der Waals surface area contributed by atoms with Gasteiger partial charge in [0.15, 0.2) is 0 Å². The molecule has 2 atom stereocenters. The van der Waals surface area contributed by atoms with Gasteiger partial charge in [-0.05, 0) is 64.2 Å². The minimum Gasteiger partial charge on any atom is -0.444 e. The van der Waals surface area contributed by atoms with Gasteiger partial charge in [0.1, 0.15) is 11.6 Å². The predicted molar refractivity (Wildman–Crippen MR) is 137 cm³/mol. The van der Waals surface area contributed by atoms with Crippen molar-refractivity contribution >= 4 is 30.5 Å². The van der Waals surface area contributed by atoms with E-state index in [0.29, 0.717) is 0 Å². The van der Waals surface area contributed by atoms with Gasteiger partial charge < -0.3 is 15.0 Å². The summed E-state index contributed by atoms with van der Waals surface area (Å²) in [5.74, 6) is -0.0366. The molecule has 2 amide bonds. The topological polar surface area (TPSA) is 58.6 Å². The zero-order valence-electron chi connectivity index (χ0n) is 20.5. The Labute approximate surface area is 199 Å². The molecule has 1 aliphatic heterocycles. The number of nitrogens with one attached hydrogen (secondary N) is 1. The lowest BCUT2D eigenvalue weighted by Crippen LogP contribution is -2.53. The first-order valence-electron chi connectivity index (χ1n) is 11.8. The van der Waals surface area contributed by atoms with E-state index < -0.39 is 25.7 Å². The Morgan fingerprint density at radius 3 is 2.06 bits per heavy atom. The molecule has 178 valence electrons. The molecule has 0 unspecified atom stereocenters. The summed E-state index contributed by atoms with van der Waals surface area (Å²) in [7, 11) is -0.589. The molecule has 1 heterocycles. The van der Waals surface area contributed by atoms with Gasteiger partial charge in [-0.25, -0.2) is 4.79 Å². The third-order valence-corrected chi connectivity index (χ3v) is 8.42. The van der Waals surface area contributed by atoms with E-state index >= 15 is 0 Å². The van der Waals surface area contributed by atoms with Crippen LogP contribution in [0.25, 0.3) is 0 Å². The zero-order chi connectivity index (χ0) is 24.0. The molecule has 0 radical (unpaired) electrons. The fraction of sp³-hybridized carbons (Fsp3) is 0.481. The quantitative estimate of drug-likeness (QED) is 0.602. The van der Waals surface area contributed by atoms with Crippen molar-refractivity contribution in [1.29, 1.82) is 0 Å². The Balaban J connectivity index is 1.79. The van der Waals surface area contributed by atoms with Crippen LogP contribution in [-0.4, -0.2) is 47.3 Å². The largest absolute Gasteiger partial charge is 0.444 e. The molecule has 1 aliphatic rings. The monoisotopic (exact) mass is 468 g/mol. The highest BCUT2D eigenvalue weighted by Gasteiger charge is 2.37. The second-order valence-electron chi connectivity index (χ2n) is 9.98. The van der Waals surface area contributed by atoms with Crippen molar-refractivity contribution < 1.29 is 14.3 Å². The highest BCUT2D eigenvalue weighted by molar-refractivity contribution is 7.73. The third kappa shape index (κ3) is 7.04. The minimum absolute atomic E-state index is 0.00516. The lowest BCUT2D eigenvalue weighted by molar-refractivity contribution is -0.135. The first-order valence-corrected chi connectivity index (χ1v) is 13.4. The van der Waals surface area contributed by atoms with E-state index in [1.807, 2.05) is 51.7 Å². The van der Waals surface area contributed by atoms with Gasteiger partial charge in [0.25, 0.3) is 0 Å². The van der Waals surface area contributed by atoms with Gasteiger partial charge in [0, 0.05) is 12.6 Å². The molecule has 0 bridgehead atoms. The SMILES string of the molecule is CC(C)[C@@H](NC(=O)OC(C)(C)C)C(=O)N1CCC[C@H]1CP(c1ccccc1)c1ccccc1. The Morgan fingerprint density at radius 2 is 1.58 bits per heavy atom. The lowest BCUT2D eigenvalue weighted by atomic mass is 10.0. The number of carbonyl (C=O) groups excluding carboxylic acids is 2. The number of ether oxygens (including phenoxy) is 1. The number of benzene rings is 2. The van der Waals surface area contributed by atoms with Crippen molar-refractivity contribution in [3.8, 4) is 0 Å². The Bertz CT molecular complexity index is 872. The van der Waals surface area contributed by atoms with E-state index in [1.165, 1.54) is 10.6 Å². The maximum absolute atomic E-state index is 13.6. The smallest absolute Gasteiger partial charge is 0.408 e. The second-order valence-corrected chi connectivity index (χ2v) is 12.2. The van der Waals surface area contributed by atoms with Crippen LogP contribution in [0.3, 0.4) is 0 Å². The van der Waals surface area contributed by atoms with Gasteiger partial charge in [0.2, 0.25) is 5.91 Å². The van der Waals surface area contributed by atoms with Crippen LogP contribution in [-0.2, 0) is 9.53 Å².